The van der Waals surface area contributed by atoms with Crippen molar-refractivity contribution in [2.45, 2.75) is 45.4 Å². The van der Waals surface area contributed by atoms with Gasteiger partial charge in [-0.2, -0.15) is 0 Å². The number of ether oxygens (including phenoxy) is 1. The van der Waals surface area contributed by atoms with Gasteiger partial charge in [-0.1, -0.05) is 29.8 Å². The second-order valence-electron chi connectivity index (χ2n) is 9.02. The van der Waals surface area contributed by atoms with E-state index < -0.39 is 18.0 Å². The van der Waals surface area contributed by atoms with Gasteiger partial charge in [0.1, 0.15) is 6.04 Å². The van der Waals surface area contributed by atoms with E-state index in [1.54, 1.807) is 31.2 Å². The number of carbonyl (C=O) groups excluding carboxylic acids is 2. The second-order valence-corrected chi connectivity index (χ2v) is 9.43. The molecule has 1 aliphatic heterocycles. The lowest BCUT2D eigenvalue weighted by Crippen LogP contribution is -2.46. The third-order valence-electron chi connectivity index (χ3n) is 6.03. The van der Waals surface area contributed by atoms with Gasteiger partial charge in [0, 0.05) is 29.8 Å². The molecule has 0 fully saturated rings. The highest BCUT2D eigenvalue weighted by Gasteiger charge is 2.35. The number of anilines is 1. The fourth-order valence-electron chi connectivity index (χ4n) is 4.07. The van der Waals surface area contributed by atoms with Crippen molar-refractivity contribution in [3.8, 4) is 17.1 Å². The van der Waals surface area contributed by atoms with Crippen LogP contribution in [0.2, 0.25) is 5.02 Å². The Labute approximate surface area is 220 Å². The van der Waals surface area contributed by atoms with Crippen molar-refractivity contribution in [2.24, 2.45) is 0 Å². The molecule has 11 heteroatoms. The average molecular weight is 525 g/mol. The molecule has 2 aromatic heterocycles. The first kappa shape index (κ1) is 26.3. The molecule has 0 bridgehead atoms. The average Bonchev–Trinajstić information content (AvgIpc) is 3.23. The number of halogens is 1. The predicted molar refractivity (Wildman–Crippen MR) is 139 cm³/mol. The molecule has 1 aromatic carbocycles. The normalized spacial score (nSPS) is 14.4. The Balaban J connectivity index is 1.52. The molecule has 0 radical (unpaired) electrons. The molecule has 10 nitrogen and oxygen atoms in total. The summed E-state index contributed by atoms with van der Waals surface area (Å²) in [5.41, 5.74) is 2.92. The molecule has 37 heavy (non-hydrogen) atoms. The fourth-order valence-corrected chi connectivity index (χ4v) is 4.27. The number of hydrogen-bond acceptors (Lipinski definition) is 8. The number of carbonyl (C=O) groups is 2. The number of aliphatic hydroxyl groups is 1. The van der Waals surface area contributed by atoms with Crippen molar-refractivity contribution in [2.75, 3.05) is 19.0 Å². The van der Waals surface area contributed by atoms with Crippen LogP contribution in [0.25, 0.3) is 11.3 Å². The van der Waals surface area contributed by atoms with Gasteiger partial charge in [-0.05, 0) is 38.5 Å². The highest BCUT2D eigenvalue weighted by atomic mass is 35.5. The molecule has 0 spiro atoms. The summed E-state index contributed by atoms with van der Waals surface area (Å²) in [6.45, 7) is 5.53. The van der Waals surface area contributed by atoms with Crippen LogP contribution >= 0.6 is 11.6 Å². The zero-order chi connectivity index (χ0) is 26.7. The molecular weight excluding hydrogens is 496 g/mol. The van der Waals surface area contributed by atoms with E-state index in [9.17, 15) is 14.7 Å². The van der Waals surface area contributed by atoms with Crippen LogP contribution in [0.3, 0.4) is 0 Å². The minimum atomic E-state index is -0.785. The summed E-state index contributed by atoms with van der Waals surface area (Å²) in [4.78, 5) is 40.9. The maximum atomic E-state index is 13.3. The monoisotopic (exact) mass is 524 g/mol. The Hall–Kier alpha value is -3.76. The Bertz CT molecular complexity index is 1320. The van der Waals surface area contributed by atoms with Gasteiger partial charge < -0.3 is 25.4 Å². The maximum Gasteiger partial charge on any atom is 0.255 e. The van der Waals surface area contributed by atoms with E-state index in [0.29, 0.717) is 39.4 Å². The first-order valence-electron chi connectivity index (χ1n) is 11.9. The topological polar surface area (TPSA) is 130 Å². The largest absolute Gasteiger partial charge is 0.481 e. The Morgan fingerprint density at radius 3 is 2.70 bits per heavy atom. The number of methoxy groups -OCH3 is 1. The van der Waals surface area contributed by atoms with Crippen LogP contribution in [-0.4, -0.2) is 62.6 Å². The smallest absolute Gasteiger partial charge is 0.255 e. The highest BCUT2D eigenvalue weighted by Crippen LogP contribution is 2.32. The zero-order valence-corrected chi connectivity index (χ0v) is 21.8. The van der Waals surface area contributed by atoms with Crippen molar-refractivity contribution >= 4 is 29.4 Å². The Kier molecular flexibility index (Phi) is 7.89. The lowest BCUT2D eigenvalue weighted by atomic mass is 10.0. The molecule has 0 unspecified atom stereocenters. The van der Waals surface area contributed by atoms with Gasteiger partial charge in [-0.25, -0.2) is 15.0 Å². The van der Waals surface area contributed by atoms with Crippen LogP contribution in [-0.2, 0) is 11.3 Å². The Morgan fingerprint density at radius 1 is 1.22 bits per heavy atom. The first-order chi connectivity index (χ1) is 17.7. The van der Waals surface area contributed by atoms with Gasteiger partial charge in [-0.15, -0.1) is 0 Å². The first-order valence-corrected chi connectivity index (χ1v) is 12.2. The molecule has 3 aromatic rings. The lowest BCUT2D eigenvalue weighted by molar-refractivity contribution is -0.126. The van der Waals surface area contributed by atoms with Crippen LogP contribution in [0, 0.1) is 0 Å². The van der Waals surface area contributed by atoms with E-state index in [2.05, 4.69) is 25.6 Å². The quantitative estimate of drug-likeness (QED) is 0.389. The van der Waals surface area contributed by atoms with Gasteiger partial charge in [0.2, 0.25) is 17.7 Å². The van der Waals surface area contributed by atoms with E-state index >= 15 is 0 Å². The van der Waals surface area contributed by atoms with E-state index in [0.717, 1.165) is 5.56 Å². The van der Waals surface area contributed by atoms with E-state index in [1.807, 2.05) is 26.0 Å². The molecule has 0 saturated carbocycles. The molecule has 0 saturated heterocycles. The van der Waals surface area contributed by atoms with Crippen LogP contribution < -0.4 is 15.4 Å². The summed E-state index contributed by atoms with van der Waals surface area (Å²) in [6, 6.07) is 9.14. The third-order valence-corrected chi connectivity index (χ3v) is 6.31. The number of aliphatic hydroxyl groups excluding tert-OH is 1. The summed E-state index contributed by atoms with van der Waals surface area (Å²) in [5, 5.41) is 16.2. The summed E-state index contributed by atoms with van der Waals surface area (Å²) in [5.74, 6) is 0.130. The number of nitrogens with one attached hydrogen (secondary N) is 2. The van der Waals surface area contributed by atoms with Crippen molar-refractivity contribution in [1.29, 1.82) is 0 Å². The number of rotatable bonds is 9. The van der Waals surface area contributed by atoms with Crippen LogP contribution in [0.5, 0.6) is 5.88 Å². The fraction of sp³-hybridized carbons (Fsp3) is 0.346. The van der Waals surface area contributed by atoms with Crippen molar-refractivity contribution in [3.63, 3.8) is 0 Å². The molecule has 2 atom stereocenters. The number of pyridine rings is 1. The van der Waals surface area contributed by atoms with Crippen LogP contribution in [0.1, 0.15) is 48.4 Å². The number of benzene rings is 1. The number of fused-ring (bicyclic) bond motifs is 1. The zero-order valence-electron chi connectivity index (χ0n) is 21.0. The standard InChI is InChI=1S/C26H29ClN6O4/c1-14(2)29-26-28-11-19(27)23(32-26)16-8-9-17-12-33(25(36)18(17)10-16)15(3)24(35)31-21(13-34)20-6-5-7-22(30-20)37-4/h5-11,14-15,21,34H,12-13H2,1-4H3,(H,31,35)(H,28,29,32)/t15-,21-/m1/s1. The second kappa shape index (κ2) is 11.1. The molecular formula is C26H29ClN6O4. The molecule has 3 N–H and O–H groups in total. The van der Waals surface area contributed by atoms with Gasteiger partial charge in [-0.3, -0.25) is 9.59 Å². The highest BCUT2D eigenvalue weighted by molar-refractivity contribution is 6.33. The summed E-state index contributed by atoms with van der Waals surface area (Å²) in [7, 11) is 1.49. The van der Waals surface area contributed by atoms with Crippen molar-refractivity contribution in [3.05, 3.63) is 64.4 Å². The molecule has 1 aliphatic rings. The number of amides is 2. The summed E-state index contributed by atoms with van der Waals surface area (Å²) >= 11 is 6.37. The number of aromatic nitrogens is 3. The van der Waals surface area contributed by atoms with E-state index in [1.165, 1.54) is 18.2 Å². The molecule has 4 rings (SSSR count). The van der Waals surface area contributed by atoms with Crippen molar-refractivity contribution in [1.82, 2.24) is 25.2 Å². The number of hydrogen-bond donors (Lipinski definition) is 3. The van der Waals surface area contributed by atoms with Crippen LogP contribution in [0.4, 0.5) is 5.95 Å². The Morgan fingerprint density at radius 2 is 2.00 bits per heavy atom. The molecule has 0 aliphatic carbocycles. The van der Waals surface area contributed by atoms with Gasteiger partial charge in [0.15, 0.2) is 0 Å². The van der Waals surface area contributed by atoms with E-state index in [-0.39, 0.29) is 25.1 Å². The van der Waals surface area contributed by atoms with E-state index in [4.69, 9.17) is 16.3 Å². The van der Waals surface area contributed by atoms with Gasteiger partial charge in [0.05, 0.1) is 42.4 Å². The van der Waals surface area contributed by atoms with Gasteiger partial charge >= 0.3 is 0 Å². The predicted octanol–water partition coefficient (Wildman–Crippen LogP) is 3.22. The summed E-state index contributed by atoms with van der Waals surface area (Å²) in [6.07, 6.45) is 1.52. The molecule has 194 valence electrons. The van der Waals surface area contributed by atoms with Crippen molar-refractivity contribution < 1.29 is 19.4 Å². The maximum absolute atomic E-state index is 13.3. The minimum absolute atomic E-state index is 0.141. The minimum Gasteiger partial charge on any atom is -0.481 e. The lowest BCUT2D eigenvalue weighted by Gasteiger charge is -2.25. The summed E-state index contributed by atoms with van der Waals surface area (Å²) < 4.78 is 5.13. The SMILES string of the molecule is COc1cccc([C@@H](CO)NC(=O)[C@@H](C)N2Cc3ccc(-c4nc(NC(C)C)ncc4Cl)cc3C2=O)n1. The number of nitrogens with zero attached hydrogens (tertiary/aromatic N) is 4. The third kappa shape index (κ3) is 5.65. The molecule has 2 amide bonds. The van der Waals surface area contributed by atoms with Gasteiger partial charge in [0.25, 0.3) is 5.91 Å². The van der Waals surface area contributed by atoms with Crippen LogP contribution in [0.15, 0.2) is 42.6 Å². The molecule has 3 heterocycles.